The molecule has 4 nitrogen and oxygen atoms in total. The number of carbonyl (C=O) groups excluding carboxylic acids is 1. The first-order chi connectivity index (χ1) is 8.61. The summed E-state index contributed by atoms with van der Waals surface area (Å²) in [5, 5.41) is 0.296. The summed E-state index contributed by atoms with van der Waals surface area (Å²) in [6.07, 6.45) is 0. The van der Waals surface area contributed by atoms with E-state index in [1.807, 2.05) is 25.1 Å². The Morgan fingerprint density at radius 3 is 2.78 bits per heavy atom. The fourth-order valence-corrected chi connectivity index (χ4v) is 2.08. The number of ether oxygens (including phenoxy) is 1. The van der Waals surface area contributed by atoms with Crippen LogP contribution in [0.5, 0.6) is 0 Å². The van der Waals surface area contributed by atoms with E-state index < -0.39 is 5.97 Å². The lowest BCUT2D eigenvalue weighted by Gasteiger charge is -2.01. The largest absolute Gasteiger partial charge is 0.461 e. The van der Waals surface area contributed by atoms with Crippen molar-refractivity contribution < 1.29 is 9.53 Å². The van der Waals surface area contributed by atoms with Crippen LogP contribution >= 0.6 is 11.5 Å². The summed E-state index contributed by atoms with van der Waals surface area (Å²) < 4.78 is 9.08. The molecule has 0 aliphatic heterocycles. The molecule has 1 heterocycles. The second-order valence-electron chi connectivity index (χ2n) is 3.94. The summed E-state index contributed by atoms with van der Waals surface area (Å²) in [5.41, 5.74) is 3.32. The van der Waals surface area contributed by atoms with E-state index in [2.05, 4.69) is 16.3 Å². The van der Waals surface area contributed by atoms with Crippen molar-refractivity contribution in [1.82, 2.24) is 9.36 Å². The zero-order valence-electron chi connectivity index (χ0n) is 10.6. The fraction of sp³-hybridized carbons (Fsp3) is 0.308. The summed E-state index contributed by atoms with van der Waals surface area (Å²) in [4.78, 5) is 15.7. The van der Waals surface area contributed by atoms with E-state index in [9.17, 15) is 4.79 Å². The van der Waals surface area contributed by atoms with Crippen LogP contribution in [0, 0.1) is 13.8 Å². The fourth-order valence-electron chi connectivity index (χ4n) is 1.50. The molecule has 0 saturated carbocycles. The Balaban J connectivity index is 2.29. The smallest absolute Gasteiger partial charge is 0.369 e. The van der Waals surface area contributed by atoms with Gasteiger partial charge in [0.15, 0.2) is 5.82 Å². The molecule has 0 amide bonds. The maximum atomic E-state index is 11.5. The van der Waals surface area contributed by atoms with Crippen LogP contribution in [-0.2, 0) is 4.74 Å². The maximum Gasteiger partial charge on any atom is 0.369 e. The first-order valence-corrected chi connectivity index (χ1v) is 6.47. The number of benzene rings is 1. The lowest BCUT2D eigenvalue weighted by molar-refractivity contribution is 0.0526. The van der Waals surface area contributed by atoms with Crippen molar-refractivity contribution in [3.63, 3.8) is 0 Å². The van der Waals surface area contributed by atoms with Gasteiger partial charge in [0, 0.05) is 5.56 Å². The molecule has 18 heavy (non-hydrogen) atoms. The normalized spacial score (nSPS) is 10.4. The molecule has 0 aliphatic carbocycles. The Morgan fingerprint density at radius 1 is 1.33 bits per heavy atom. The van der Waals surface area contributed by atoms with Crippen molar-refractivity contribution >= 4 is 17.5 Å². The van der Waals surface area contributed by atoms with Crippen molar-refractivity contribution in [3.05, 3.63) is 34.3 Å². The van der Waals surface area contributed by atoms with Gasteiger partial charge in [-0.3, -0.25) is 0 Å². The molecule has 2 rings (SSSR count). The molecule has 0 saturated heterocycles. The van der Waals surface area contributed by atoms with Gasteiger partial charge in [-0.2, -0.15) is 4.37 Å². The molecule has 0 bridgehead atoms. The standard InChI is InChI=1S/C13H14N2O2S/c1-4-17-13(16)12-14-11(15-18-12)10-6-5-8(2)9(3)7-10/h5-7H,4H2,1-3H3. The lowest BCUT2D eigenvalue weighted by atomic mass is 10.1. The SMILES string of the molecule is CCOC(=O)c1nc(-c2ccc(C)c(C)c2)ns1. The molecule has 0 unspecified atom stereocenters. The summed E-state index contributed by atoms with van der Waals surface area (Å²) in [7, 11) is 0. The molecule has 0 spiro atoms. The van der Waals surface area contributed by atoms with Gasteiger partial charge in [0.25, 0.3) is 0 Å². The number of hydrogen-bond donors (Lipinski definition) is 0. The minimum Gasteiger partial charge on any atom is -0.461 e. The molecule has 1 aromatic heterocycles. The van der Waals surface area contributed by atoms with Crippen LogP contribution in [0.1, 0.15) is 27.9 Å². The van der Waals surface area contributed by atoms with Crippen LogP contribution in [0.2, 0.25) is 0 Å². The van der Waals surface area contributed by atoms with Gasteiger partial charge in [-0.1, -0.05) is 12.1 Å². The van der Waals surface area contributed by atoms with E-state index in [-0.39, 0.29) is 0 Å². The average Bonchev–Trinajstić information content (AvgIpc) is 2.82. The summed E-state index contributed by atoms with van der Waals surface area (Å²) in [5.74, 6) is 0.163. The molecule has 0 aliphatic rings. The van der Waals surface area contributed by atoms with E-state index in [1.165, 1.54) is 11.1 Å². The van der Waals surface area contributed by atoms with Gasteiger partial charge in [0.1, 0.15) is 0 Å². The highest BCUT2D eigenvalue weighted by atomic mass is 32.1. The molecule has 1 aromatic carbocycles. The van der Waals surface area contributed by atoms with Crippen LogP contribution in [0.3, 0.4) is 0 Å². The van der Waals surface area contributed by atoms with Gasteiger partial charge in [-0.25, -0.2) is 9.78 Å². The van der Waals surface area contributed by atoms with Crippen molar-refractivity contribution in [3.8, 4) is 11.4 Å². The Bertz CT molecular complexity index is 578. The highest BCUT2D eigenvalue weighted by Gasteiger charge is 2.14. The van der Waals surface area contributed by atoms with Crippen molar-refractivity contribution in [2.45, 2.75) is 20.8 Å². The number of rotatable bonds is 3. The van der Waals surface area contributed by atoms with Gasteiger partial charge in [0.2, 0.25) is 5.01 Å². The average molecular weight is 262 g/mol. The van der Waals surface area contributed by atoms with Gasteiger partial charge < -0.3 is 4.74 Å². The first kappa shape index (κ1) is 12.7. The maximum absolute atomic E-state index is 11.5. The quantitative estimate of drug-likeness (QED) is 0.798. The third-order valence-electron chi connectivity index (χ3n) is 2.64. The highest BCUT2D eigenvalue weighted by Crippen LogP contribution is 2.21. The van der Waals surface area contributed by atoms with Gasteiger partial charge >= 0.3 is 5.97 Å². The number of aromatic nitrogens is 2. The Morgan fingerprint density at radius 2 is 2.11 bits per heavy atom. The molecule has 94 valence electrons. The van der Waals surface area contributed by atoms with Gasteiger partial charge in [0.05, 0.1) is 6.61 Å². The monoisotopic (exact) mass is 262 g/mol. The second kappa shape index (κ2) is 5.27. The Labute approximate surface area is 110 Å². The van der Waals surface area contributed by atoms with Crippen molar-refractivity contribution in [2.75, 3.05) is 6.61 Å². The molecule has 0 N–H and O–H groups in total. The third-order valence-corrected chi connectivity index (χ3v) is 3.34. The lowest BCUT2D eigenvalue weighted by Crippen LogP contribution is -2.03. The second-order valence-corrected chi connectivity index (χ2v) is 4.69. The third kappa shape index (κ3) is 2.56. The molecule has 2 aromatic rings. The number of carbonyl (C=O) groups is 1. The highest BCUT2D eigenvalue weighted by molar-refractivity contribution is 7.07. The van der Waals surface area contributed by atoms with E-state index in [0.717, 1.165) is 17.1 Å². The first-order valence-electron chi connectivity index (χ1n) is 5.70. The minimum atomic E-state index is -0.412. The van der Waals surface area contributed by atoms with Crippen LogP contribution in [0.15, 0.2) is 18.2 Å². The number of nitrogens with zero attached hydrogens (tertiary/aromatic N) is 2. The van der Waals surface area contributed by atoms with E-state index >= 15 is 0 Å². The summed E-state index contributed by atoms with van der Waals surface area (Å²) in [6, 6.07) is 6.00. The van der Waals surface area contributed by atoms with E-state index in [0.29, 0.717) is 17.4 Å². The number of esters is 1. The van der Waals surface area contributed by atoms with Crippen LogP contribution < -0.4 is 0 Å². The number of aryl methyl sites for hydroxylation is 2. The van der Waals surface area contributed by atoms with E-state index in [4.69, 9.17) is 4.74 Å². The molecule has 0 radical (unpaired) electrons. The number of hydrogen-bond acceptors (Lipinski definition) is 5. The topological polar surface area (TPSA) is 52.1 Å². The van der Waals surface area contributed by atoms with Crippen LogP contribution in [-0.4, -0.2) is 21.9 Å². The van der Waals surface area contributed by atoms with Gasteiger partial charge in [-0.05, 0) is 49.5 Å². The Kier molecular flexibility index (Phi) is 3.72. The molecular weight excluding hydrogens is 248 g/mol. The zero-order chi connectivity index (χ0) is 13.1. The van der Waals surface area contributed by atoms with Crippen LogP contribution in [0.4, 0.5) is 0 Å². The van der Waals surface area contributed by atoms with E-state index in [1.54, 1.807) is 6.92 Å². The predicted molar refractivity (Wildman–Crippen MR) is 70.8 cm³/mol. The molecular formula is C13H14N2O2S. The molecule has 0 fully saturated rings. The molecule has 0 atom stereocenters. The zero-order valence-corrected chi connectivity index (χ0v) is 11.4. The van der Waals surface area contributed by atoms with Crippen molar-refractivity contribution in [2.24, 2.45) is 0 Å². The molecule has 5 heteroatoms. The minimum absolute atomic E-state index is 0.296. The van der Waals surface area contributed by atoms with Crippen molar-refractivity contribution in [1.29, 1.82) is 0 Å². The summed E-state index contributed by atoms with van der Waals surface area (Å²) >= 11 is 1.07. The predicted octanol–water partition coefficient (Wildman–Crippen LogP) is 3.00. The Hall–Kier alpha value is -1.75. The van der Waals surface area contributed by atoms with Gasteiger partial charge in [-0.15, -0.1) is 0 Å². The summed E-state index contributed by atoms with van der Waals surface area (Å²) in [6.45, 7) is 6.20. The van der Waals surface area contributed by atoms with Crippen LogP contribution in [0.25, 0.3) is 11.4 Å².